The Morgan fingerprint density at radius 3 is 2.82 bits per heavy atom. The number of nitro benzene ring substituents is 1. The summed E-state index contributed by atoms with van der Waals surface area (Å²) in [6.07, 6.45) is 0.0469. The van der Waals surface area contributed by atoms with E-state index in [0.717, 1.165) is 30.9 Å². The summed E-state index contributed by atoms with van der Waals surface area (Å²) in [6.45, 7) is 9.57. The molecule has 22 heavy (non-hydrogen) atoms. The first kappa shape index (κ1) is 18.7. The molecule has 124 valence electrons. The number of hydrogen-bond donors (Lipinski definition) is 1. The van der Waals surface area contributed by atoms with Crippen LogP contribution in [0.25, 0.3) is 0 Å². The summed E-state index contributed by atoms with van der Waals surface area (Å²) in [6, 6.07) is 5.25. The van der Waals surface area contributed by atoms with Gasteiger partial charge in [-0.25, -0.2) is 0 Å². The van der Waals surface area contributed by atoms with Crippen LogP contribution in [0.3, 0.4) is 0 Å². The number of halogens is 1. The number of hydrogen-bond acceptors (Lipinski definition) is 5. The fraction of sp³-hybridized carbons (Fsp3) is 0.600. The Labute approximate surface area is 137 Å². The number of piperazine rings is 1. The second-order valence-electron chi connectivity index (χ2n) is 5.74. The SMILES string of the molecule is CC(C)Oc1ccc([N+](=O)[O-])cc1CN1CCNC[C@@H]1C.Cl. The zero-order valence-corrected chi connectivity index (χ0v) is 14.1. The van der Waals surface area contributed by atoms with Crippen LogP contribution in [0.2, 0.25) is 0 Å². The summed E-state index contributed by atoms with van der Waals surface area (Å²) < 4.78 is 5.79. The molecule has 0 aromatic heterocycles. The third-order valence-corrected chi connectivity index (χ3v) is 3.63. The van der Waals surface area contributed by atoms with E-state index in [0.29, 0.717) is 12.6 Å². The summed E-state index contributed by atoms with van der Waals surface area (Å²) >= 11 is 0. The molecule has 0 aliphatic carbocycles. The molecule has 1 aliphatic rings. The van der Waals surface area contributed by atoms with Gasteiger partial charge in [-0.3, -0.25) is 15.0 Å². The molecule has 1 fully saturated rings. The van der Waals surface area contributed by atoms with Gasteiger partial charge in [-0.05, 0) is 26.8 Å². The van der Waals surface area contributed by atoms with Crippen molar-refractivity contribution in [2.24, 2.45) is 0 Å². The number of ether oxygens (including phenoxy) is 1. The first-order chi connectivity index (χ1) is 9.97. The zero-order chi connectivity index (χ0) is 15.4. The first-order valence-corrected chi connectivity index (χ1v) is 7.36. The van der Waals surface area contributed by atoms with Crippen LogP contribution in [0, 0.1) is 10.1 Å². The molecular weight excluding hydrogens is 306 g/mol. The van der Waals surface area contributed by atoms with E-state index < -0.39 is 0 Å². The zero-order valence-electron chi connectivity index (χ0n) is 13.2. The van der Waals surface area contributed by atoms with Crippen LogP contribution in [0.5, 0.6) is 5.75 Å². The average molecular weight is 330 g/mol. The van der Waals surface area contributed by atoms with E-state index in [4.69, 9.17) is 4.74 Å². The minimum atomic E-state index is -0.357. The van der Waals surface area contributed by atoms with Crippen LogP contribution >= 0.6 is 12.4 Å². The lowest BCUT2D eigenvalue weighted by Gasteiger charge is -2.34. The molecule has 1 atom stereocenters. The summed E-state index contributed by atoms with van der Waals surface area (Å²) in [5, 5.41) is 14.3. The van der Waals surface area contributed by atoms with Crippen LogP contribution in [-0.2, 0) is 6.54 Å². The lowest BCUT2D eigenvalue weighted by Crippen LogP contribution is -2.49. The molecule has 0 saturated carbocycles. The Kier molecular flexibility index (Phi) is 7.06. The van der Waals surface area contributed by atoms with Crippen molar-refractivity contribution in [1.82, 2.24) is 10.2 Å². The molecule has 1 aliphatic heterocycles. The highest BCUT2D eigenvalue weighted by molar-refractivity contribution is 5.85. The maximum absolute atomic E-state index is 11.0. The molecule has 1 N–H and O–H groups in total. The normalized spacial score (nSPS) is 18.8. The quantitative estimate of drug-likeness (QED) is 0.664. The average Bonchev–Trinajstić information content (AvgIpc) is 2.42. The predicted octanol–water partition coefficient (Wildman–Crippen LogP) is 2.60. The molecule has 0 radical (unpaired) electrons. The summed E-state index contributed by atoms with van der Waals surface area (Å²) in [5.41, 5.74) is 0.996. The Morgan fingerprint density at radius 1 is 1.50 bits per heavy atom. The minimum absolute atomic E-state index is 0. The molecule has 6 nitrogen and oxygen atoms in total. The van der Waals surface area contributed by atoms with Crippen molar-refractivity contribution in [1.29, 1.82) is 0 Å². The van der Waals surface area contributed by atoms with E-state index >= 15 is 0 Å². The Balaban J connectivity index is 0.00000242. The highest BCUT2D eigenvalue weighted by Gasteiger charge is 2.21. The number of nitrogens with one attached hydrogen (secondary N) is 1. The van der Waals surface area contributed by atoms with Crippen molar-refractivity contribution in [3.8, 4) is 5.75 Å². The number of non-ortho nitro benzene ring substituents is 1. The van der Waals surface area contributed by atoms with Crippen LogP contribution in [-0.4, -0.2) is 41.6 Å². The maximum atomic E-state index is 11.0. The molecule has 7 heteroatoms. The fourth-order valence-electron chi connectivity index (χ4n) is 2.51. The summed E-state index contributed by atoms with van der Waals surface area (Å²) in [5.74, 6) is 0.737. The van der Waals surface area contributed by atoms with Gasteiger partial charge in [0, 0.05) is 49.9 Å². The molecule has 1 aromatic carbocycles. The first-order valence-electron chi connectivity index (χ1n) is 7.36. The molecular formula is C15H24ClN3O3. The molecule has 1 heterocycles. The number of benzene rings is 1. The van der Waals surface area contributed by atoms with Gasteiger partial charge in [-0.1, -0.05) is 0 Å². The topological polar surface area (TPSA) is 67.6 Å². The third kappa shape index (κ3) is 4.83. The maximum Gasteiger partial charge on any atom is 0.270 e. The molecule has 1 aromatic rings. The van der Waals surface area contributed by atoms with Crippen molar-refractivity contribution in [2.75, 3.05) is 19.6 Å². The minimum Gasteiger partial charge on any atom is -0.491 e. The standard InChI is InChI=1S/C15H23N3O3.ClH/c1-11(2)21-15-5-4-14(18(19)20)8-13(15)10-17-7-6-16-9-12(17)3;/h4-5,8,11-12,16H,6-7,9-10H2,1-3H3;1H/t12-;/m0./s1. The van der Waals surface area contributed by atoms with Gasteiger partial charge in [-0.2, -0.15) is 0 Å². The number of rotatable bonds is 5. The Morgan fingerprint density at radius 2 is 2.23 bits per heavy atom. The van der Waals surface area contributed by atoms with E-state index in [1.54, 1.807) is 12.1 Å². The smallest absolute Gasteiger partial charge is 0.270 e. The van der Waals surface area contributed by atoms with Gasteiger partial charge in [-0.15, -0.1) is 12.4 Å². The second-order valence-corrected chi connectivity index (χ2v) is 5.74. The van der Waals surface area contributed by atoms with Crippen molar-refractivity contribution < 1.29 is 9.66 Å². The van der Waals surface area contributed by atoms with Gasteiger partial charge in [0.2, 0.25) is 0 Å². The molecule has 0 amide bonds. The Bertz CT molecular complexity index is 511. The predicted molar refractivity (Wildman–Crippen MR) is 88.9 cm³/mol. The van der Waals surface area contributed by atoms with Crippen LogP contribution in [0.15, 0.2) is 18.2 Å². The van der Waals surface area contributed by atoms with Crippen molar-refractivity contribution >= 4 is 18.1 Å². The van der Waals surface area contributed by atoms with E-state index in [9.17, 15) is 10.1 Å². The summed E-state index contributed by atoms with van der Waals surface area (Å²) in [4.78, 5) is 12.9. The highest BCUT2D eigenvalue weighted by atomic mass is 35.5. The van der Waals surface area contributed by atoms with Crippen LogP contribution in [0.4, 0.5) is 5.69 Å². The summed E-state index contributed by atoms with van der Waals surface area (Å²) in [7, 11) is 0. The van der Waals surface area contributed by atoms with E-state index in [2.05, 4.69) is 17.1 Å². The van der Waals surface area contributed by atoms with E-state index in [1.807, 2.05) is 13.8 Å². The van der Waals surface area contributed by atoms with E-state index in [-0.39, 0.29) is 29.1 Å². The fourth-order valence-corrected chi connectivity index (χ4v) is 2.51. The number of nitrogens with zero attached hydrogens (tertiary/aromatic N) is 2. The molecule has 0 spiro atoms. The van der Waals surface area contributed by atoms with Crippen molar-refractivity contribution in [3.63, 3.8) is 0 Å². The van der Waals surface area contributed by atoms with Crippen LogP contribution < -0.4 is 10.1 Å². The Hall–Kier alpha value is -1.37. The molecule has 0 unspecified atom stereocenters. The van der Waals surface area contributed by atoms with Gasteiger partial charge < -0.3 is 10.1 Å². The number of nitro groups is 1. The lowest BCUT2D eigenvalue weighted by atomic mass is 10.1. The molecule has 2 rings (SSSR count). The van der Waals surface area contributed by atoms with E-state index in [1.165, 1.54) is 6.07 Å². The third-order valence-electron chi connectivity index (χ3n) is 3.63. The van der Waals surface area contributed by atoms with Gasteiger partial charge >= 0.3 is 0 Å². The molecule has 1 saturated heterocycles. The molecule has 0 bridgehead atoms. The van der Waals surface area contributed by atoms with Crippen molar-refractivity contribution in [2.45, 2.75) is 39.5 Å². The van der Waals surface area contributed by atoms with Gasteiger partial charge in [0.05, 0.1) is 11.0 Å². The van der Waals surface area contributed by atoms with Crippen molar-refractivity contribution in [3.05, 3.63) is 33.9 Å². The van der Waals surface area contributed by atoms with Gasteiger partial charge in [0.25, 0.3) is 5.69 Å². The lowest BCUT2D eigenvalue weighted by molar-refractivity contribution is -0.385. The second kappa shape index (κ2) is 8.31. The van der Waals surface area contributed by atoms with Crippen LogP contribution in [0.1, 0.15) is 26.3 Å². The van der Waals surface area contributed by atoms with Gasteiger partial charge in [0.1, 0.15) is 5.75 Å². The monoisotopic (exact) mass is 329 g/mol. The largest absolute Gasteiger partial charge is 0.491 e. The van der Waals surface area contributed by atoms with Gasteiger partial charge in [0.15, 0.2) is 0 Å². The highest BCUT2D eigenvalue weighted by Crippen LogP contribution is 2.27.